The summed E-state index contributed by atoms with van der Waals surface area (Å²) in [6, 6.07) is 4.25. The molecule has 2 N–H and O–H groups in total. The summed E-state index contributed by atoms with van der Waals surface area (Å²) in [5.41, 5.74) is 5.90. The summed E-state index contributed by atoms with van der Waals surface area (Å²) < 4.78 is 43.3. The van der Waals surface area contributed by atoms with Crippen LogP contribution in [0.3, 0.4) is 0 Å². The highest BCUT2D eigenvalue weighted by molar-refractivity contribution is 6.02. The Labute approximate surface area is 120 Å². The smallest absolute Gasteiger partial charge is 0.406 e. The highest BCUT2D eigenvalue weighted by Gasteiger charge is 2.41. The van der Waals surface area contributed by atoms with Crippen molar-refractivity contribution in [3.05, 3.63) is 23.8 Å². The first-order chi connectivity index (χ1) is 9.83. The van der Waals surface area contributed by atoms with Gasteiger partial charge in [-0.2, -0.15) is 13.2 Å². The zero-order valence-electron chi connectivity index (χ0n) is 11.6. The molecule has 0 radical (unpaired) electrons. The third-order valence-electron chi connectivity index (χ3n) is 3.17. The molecule has 1 aromatic rings. The van der Waals surface area contributed by atoms with E-state index in [-0.39, 0.29) is 23.0 Å². The van der Waals surface area contributed by atoms with E-state index in [4.69, 9.17) is 10.5 Å². The number of amides is 1. The molecule has 1 saturated carbocycles. The van der Waals surface area contributed by atoms with E-state index < -0.39 is 18.6 Å². The minimum absolute atomic E-state index is 0.00972. The molecule has 0 aromatic heterocycles. The minimum atomic E-state index is -4.44. The zero-order valence-corrected chi connectivity index (χ0v) is 11.6. The summed E-state index contributed by atoms with van der Waals surface area (Å²) in [6.07, 6.45) is -3.27. The topological polar surface area (TPSA) is 55.6 Å². The average molecular weight is 302 g/mol. The number of carbonyl (C=O) groups is 1. The number of nitrogens with zero attached hydrogens (tertiary/aromatic N) is 1. The first-order valence-electron chi connectivity index (χ1n) is 6.72. The lowest BCUT2D eigenvalue weighted by Crippen LogP contribution is -2.41. The van der Waals surface area contributed by atoms with Crippen molar-refractivity contribution in [3.8, 4) is 5.75 Å². The first kappa shape index (κ1) is 15.5. The van der Waals surface area contributed by atoms with Crippen LogP contribution >= 0.6 is 0 Å². The average Bonchev–Trinajstić information content (AvgIpc) is 3.19. The van der Waals surface area contributed by atoms with Crippen molar-refractivity contribution >= 4 is 11.6 Å². The minimum Gasteiger partial charge on any atom is -0.493 e. The van der Waals surface area contributed by atoms with Crippen LogP contribution < -0.4 is 10.5 Å². The van der Waals surface area contributed by atoms with Gasteiger partial charge in [0, 0.05) is 11.7 Å². The van der Waals surface area contributed by atoms with Crippen LogP contribution in [0.15, 0.2) is 18.2 Å². The Kier molecular flexibility index (Phi) is 4.29. The van der Waals surface area contributed by atoms with E-state index in [9.17, 15) is 18.0 Å². The van der Waals surface area contributed by atoms with Gasteiger partial charge in [0.25, 0.3) is 5.91 Å². The predicted octanol–water partition coefficient (Wildman–Crippen LogP) is 2.83. The largest absolute Gasteiger partial charge is 0.493 e. The molecule has 0 unspecified atom stereocenters. The Balaban J connectivity index is 2.32. The van der Waals surface area contributed by atoms with Gasteiger partial charge in [-0.25, -0.2) is 0 Å². The SMILES string of the molecule is CCOc1cccc(N)c1C(=O)N(CC(F)(F)F)C1CC1. The van der Waals surface area contributed by atoms with Crippen LogP contribution in [0, 0.1) is 0 Å². The Bertz CT molecular complexity index is 527. The molecular weight excluding hydrogens is 285 g/mol. The molecule has 1 aliphatic rings. The van der Waals surface area contributed by atoms with Gasteiger partial charge in [0.1, 0.15) is 17.9 Å². The molecular formula is C14H17F3N2O2. The van der Waals surface area contributed by atoms with Crippen LogP contribution in [0.4, 0.5) is 18.9 Å². The van der Waals surface area contributed by atoms with Crippen molar-refractivity contribution in [3.63, 3.8) is 0 Å². The highest BCUT2D eigenvalue weighted by Crippen LogP contribution is 2.34. The molecule has 1 fully saturated rings. The van der Waals surface area contributed by atoms with Gasteiger partial charge in [0.05, 0.1) is 6.61 Å². The van der Waals surface area contributed by atoms with Crippen LogP contribution in [0.25, 0.3) is 0 Å². The number of nitrogens with two attached hydrogens (primary N) is 1. The summed E-state index contributed by atoms with van der Waals surface area (Å²) in [6.45, 7) is 0.759. The highest BCUT2D eigenvalue weighted by atomic mass is 19.4. The standard InChI is InChI=1S/C14H17F3N2O2/c1-2-21-11-5-3-4-10(18)12(11)13(20)19(9-6-7-9)8-14(15,16)17/h3-5,9H,2,6-8,18H2,1H3. The molecule has 21 heavy (non-hydrogen) atoms. The third-order valence-corrected chi connectivity index (χ3v) is 3.17. The zero-order chi connectivity index (χ0) is 15.6. The molecule has 0 spiro atoms. The molecule has 1 amide bonds. The normalized spacial score (nSPS) is 14.9. The Hall–Kier alpha value is -1.92. The second-order valence-electron chi connectivity index (χ2n) is 4.93. The number of benzene rings is 1. The number of nitrogen functional groups attached to an aromatic ring is 1. The van der Waals surface area contributed by atoms with Crippen molar-refractivity contribution in [1.82, 2.24) is 4.90 Å². The lowest BCUT2D eigenvalue weighted by Gasteiger charge is -2.25. The molecule has 4 nitrogen and oxygen atoms in total. The van der Waals surface area contributed by atoms with E-state index in [2.05, 4.69) is 0 Å². The van der Waals surface area contributed by atoms with Gasteiger partial charge < -0.3 is 15.4 Å². The van der Waals surface area contributed by atoms with Crippen LogP contribution in [0.2, 0.25) is 0 Å². The van der Waals surface area contributed by atoms with E-state index in [1.807, 2.05) is 0 Å². The number of carbonyl (C=O) groups excluding carboxylic acids is 1. The van der Waals surface area contributed by atoms with Gasteiger partial charge >= 0.3 is 6.18 Å². The van der Waals surface area contributed by atoms with Gasteiger partial charge in [-0.15, -0.1) is 0 Å². The second-order valence-corrected chi connectivity index (χ2v) is 4.93. The lowest BCUT2D eigenvalue weighted by atomic mass is 10.1. The maximum Gasteiger partial charge on any atom is 0.406 e. The maximum atomic E-state index is 12.7. The molecule has 0 atom stereocenters. The molecule has 2 rings (SSSR count). The van der Waals surface area contributed by atoms with Crippen molar-refractivity contribution in [2.75, 3.05) is 18.9 Å². The quantitative estimate of drug-likeness (QED) is 0.851. The van der Waals surface area contributed by atoms with Crippen LogP contribution in [0.5, 0.6) is 5.75 Å². The van der Waals surface area contributed by atoms with Crippen molar-refractivity contribution in [2.45, 2.75) is 32.0 Å². The molecule has 0 heterocycles. The number of hydrogen-bond donors (Lipinski definition) is 1. The molecule has 1 aliphatic carbocycles. The number of alkyl halides is 3. The van der Waals surface area contributed by atoms with E-state index in [1.165, 1.54) is 12.1 Å². The van der Waals surface area contributed by atoms with Crippen LogP contribution in [-0.4, -0.2) is 36.2 Å². The molecule has 116 valence electrons. The van der Waals surface area contributed by atoms with Crippen LogP contribution in [-0.2, 0) is 0 Å². The lowest BCUT2D eigenvalue weighted by molar-refractivity contribution is -0.141. The fourth-order valence-electron chi connectivity index (χ4n) is 2.14. The molecule has 7 heteroatoms. The Morgan fingerprint density at radius 3 is 2.62 bits per heavy atom. The van der Waals surface area contributed by atoms with Gasteiger partial charge in [0.2, 0.25) is 0 Å². The van der Waals surface area contributed by atoms with E-state index in [1.54, 1.807) is 13.0 Å². The number of hydrogen-bond acceptors (Lipinski definition) is 3. The monoisotopic (exact) mass is 302 g/mol. The van der Waals surface area contributed by atoms with Crippen LogP contribution in [0.1, 0.15) is 30.1 Å². The van der Waals surface area contributed by atoms with Gasteiger partial charge in [-0.05, 0) is 31.9 Å². The summed E-state index contributed by atoms with van der Waals surface area (Å²) in [5, 5.41) is 0. The van der Waals surface area contributed by atoms with E-state index in [0.717, 1.165) is 4.90 Å². The second kappa shape index (κ2) is 5.83. The summed E-state index contributed by atoms with van der Waals surface area (Å²) in [7, 11) is 0. The van der Waals surface area contributed by atoms with Gasteiger partial charge in [-0.1, -0.05) is 6.07 Å². The molecule has 0 saturated heterocycles. The number of rotatable bonds is 5. The fourth-order valence-corrected chi connectivity index (χ4v) is 2.14. The number of anilines is 1. The fraction of sp³-hybridized carbons (Fsp3) is 0.500. The third kappa shape index (κ3) is 3.80. The first-order valence-corrected chi connectivity index (χ1v) is 6.72. The number of ether oxygens (including phenoxy) is 1. The predicted molar refractivity (Wildman–Crippen MR) is 72.1 cm³/mol. The molecule has 0 bridgehead atoms. The van der Waals surface area contributed by atoms with Crippen molar-refractivity contribution in [1.29, 1.82) is 0 Å². The van der Waals surface area contributed by atoms with E-state index >= 15 is 0 Å². The van der Waals surface area contributed by atoms with Gasteiger partial charge in [-0.3, -0.25) is 4.79 Å². The Morgan fingerprint density at radius 2 is 2.10 bits per heavy atom. The summed E-state index contributed by atoms with van der Waals surface area (Å²) in [4.78, 5) is 13.3. The molecule has 1 aromatic carbocycles. The molecule has 0 aliphatic heterocycles. The van der Waals surface area contributed by atoms with Crippen molar-refractivity contribution < 1.29 is 22.7 Å². The summed E-state index contributed by atoms with van der Waals surface area (Å²) >= 11 is 0. The Morgan fingerprint density at radius 1 is 1.43 bits per heavy atom. The van der Waals surface area contributed by atoms with E-state index in [0.29, 0.717) is 19.4 Å². The maximum absolute atomic E-state index is 12.7. The van der Waals surface area contributed by atoms with Crippen molar-refractivity contribution in [2.24, 2.45) is 0 Å². The number of halogens is 3. The summed E-state index contributed by atoms with van der Waals surface area (Å²) in [5.74, 6) is -0.508. The van der Waals surface area contributed by atoms with Gasteiger partial charge in [0.15, 0.2) is 0 Å².